The number of hydrogen-bond donors (Lipinski definition) is 3. The van der Waals surface area contributed by atoms with Crippen molar-refractivity contribution in [1.29, 1.82) is 0 Å². The van der Waals surface area contributed by atoms with Crippen LogP contribution in [0.5, 0.6) is 11.5 Å². The first kappa shape index (κ1) is 19.5. The number of carboxylic acids is 1. The Kier molecular flexibility index (Phi) is 6.21. The van der Waals surface area contributed by atoms with Crippen molar-refractivity contribution >= 4 is 17.6 Å². The molecule has 1 aliphatic rings. The summed E-state index contributed by atoms with van der Waals surface area (Å²) < 4.78 is 10.9. The predicted octanol–water partition coefficient (Wildman–Crippen LogP) is 2.82. The molecular weight excluding hydrogens is 370 g/mol. The molecule has 6 nitrogen and oxygen atoms in total. The molecule has 7 heteroatoms. The summed E-state index contributed by atoms with van der Waals surface area (Å²) in [5.74, 6) is -0.0497. The number of carbonyl (C=O) groups is 1. The van der Waals surface area contributed by atoms with Crippen LogP contribution in [-0.2, 0) is 11.2 Å². The first-order valence-corrected chi connectivity index (χ1v) is 9.12. The third kappa shape index (κ3) is 5.13. The van der Waals surface area contributed by atoms with Crippen LogP contribution >= 0.6 is 11.6 Å². The van der Waals surface area contributed by atoms with E-state index in [0.29, 0.717) is 23.1 Å². The van der Waals surface area contributed by atoms with Crippen LogP contribution in [0, 0.1) is 0 Å². The fourth-order valence-corrected chi connectivity index (χ4v) is 3.13. The molecule has 0 bridgehead atoms. The van der Waals surface area contributed by atoms with Gasteiger partial charge in [-0.15, -0.1) is 0 Å². The highest BCUT2D eigenvalue weighted by Gasteiger charge is 2.27. The van der Waals surface area contributed by atoms with Gasteiger partial charge in [-0.3, -0.25) is 0 Å². The third-order valence-electron chi connectivity index (χ3n) is 4.38. The van der Waals surface area contributed by atoms with E-state index in [1.54, 1.807) is 18.2 Å². The van der Waals surface area contributed by atoms with Gasteiger partial charge in [-0.05, 0) is 48.7 Å². The Bertz CT molecular complexity index is 813. The number of aliphatic hydroxyl groups excluding tert-OH is 1. The molecule has 0 fully saturated rings. The van der Waals surface area contributed by atoms with Crippen molar-refractivity contribution in [3.63, 3.8) is 0 Å². The van der Waals surface area contributed by atoms with Gasteiger partial charge < -0.3 is 25.0 Å². The molecule has 0 saturated heterocycles. The fraction of sp³-hybridized carbons (Fsp3) is 0.350. The molecule has 1 aliphatic heterocycles. The van der Waals surface area contributed by atoms with E-state index >= 15 is 0 Å². The van der Waals surface area contributed by atoms with Gasteiger partial charge in [-0.25, -0.2) is 4.79 Å². The number of halogens is 1. The summed E-state index contributed by atoms with van der Waals surface area (Å²) in [4.78, 5) is 11.0. The Balaban J connectivity index is 1.54. The molecule has 0 amide bonds. The lowest BCUT2D eigenvalue weighted by Crippen LogP contribution is -2.36. The van der Waals surface area contributed by atoms with E-state index < -0.39 is 18.2 Å². The van der Waals surface area contributed by atoms with Crippen molar-refractivity contribution in [2.24, 2.45) is 0 Å². The Morgan fingerprint density at radius 2 is 2.11 bits per heavy atom. The third-order valence-corrected chi connectivity index (χ3v) is 4.61. The lowest BCUT2D eigenvalue weighted by Gasteiger charge is -2.24. The minimum atomic E-state index is -1.04. The molecule has 2 aromatic rings. The zero-order valence-corrected chi connectivity index (χ0v) is 15.6. The van der Waals surface area contributed by atoms with Crippen molar-refractivity contribution in [1.82, 2.24) is 5.32 Å². The van der Waals surface area contributed by atoms with E-state index in [2.05, 4.69) is 5.32 Å². The van der Waals surface area contributed by atoms with Crippen LogP contribution < -0.4 is 14.8 Å². The number of aliphatic hydroxyl groups is 1. The van der Waals surface area contributed by atoms with Gasteiger partial charge in [0.2, 0.25) is 6.10 Å². The molecule has 144 valence electrons. The Morgan fingerprint density at radius 1 is 1.30 bits per heavy atom. The van der Waals surface area contributed by atoms with Crippen LogP contribution in [0.2, 0.25) is 5.02 Å². The van der Waals surface area contributed by atoms with Crippen LogP contribution in [0.3, 0.4) is 0 Å². The molecule has 2 aromatic carbocycles. The molecule has 27 heavy (non-hydrogen) atoms. The Morgan fingerprint density at radius 3 is 2.85 bits per heavy atom. The maximum Gasteiger partial charge on any atom is 0.348 e. The van der Waals surface area contributed by atoms with Gasteiger partial charge in [-0.2, -0.15) is 0 Å². The molecule has 1 heterocycles. The maximum absolute atomic E-state index is 11.0. The minimum Gasteiger partial charge on any atom is -0.485 e. The first-order chi connectivity index (χ1) is 12.9. The monoisotopic (exact) mass is 391 g/mol. The average molecular weight is 392 g/mol. The highest BCUT2D eigenvalue weighted by Crippen LogP contribution is 2.33. The van der Waals surface area contributed by atoms with Gasteiger partial charge >= 0.3 is 5.97 Å². The number of hydrogen-bond acceptors (Lipinski definition) is 5. The van der Waals surface area contributed by atoms with Crippen molar-refractivity contribution < 1.29 is 24.5 Å². The molecule has 3 N–H and O–H groups in total. The Labute approximate surface area is 162 Å². The Hall–Kier alpha value is -2.28. The van der Waals surface area contributed by atoms with E-state index in [1.807, 2.05) is 31.2 Å². The second-order valence-electron chi connectivity index (χ2n) is 6.62. The molecule has 0 aliphatic carbocycles. The van der Waals surface area contributed by atoms with Gasteiger partial charge in [0.05, 0.1) is 6.10 Å². The SMILES string of the molecule is C[C@H](Cc1ccc2c(c1)OC[C@H](C(=O)O)O2)NCC(O)c1cccc(Cl)c1. The smallest absolute Gasteiger partial charge is 0.348 e. The summed E-state index contributed by atoms with van der Waals surface area (Å²) in [7, 11) is 0. The number of ether oxygens (including phenoxy) is 2. The molecule has 1 unspecified atom stereocenters. The molecule has 3 atom stereocenters. The number of fused-ring (bicyclic) bond motifs is 1. The zero-order valence-electron chi connectivity index (χ0n) is 14.9. The summed E-state index contributed by atoms with van der Waals surface area (Å²) in [6.07, 6.45) is -0.891. The van der Waals surface area contributed by atoms with Crippen LogP contribution in [0.25, 0.3) is 0 Å². The number of nitrogens with one attached hydrogen (secondary N) is 1. The average Bonchev–Trinajstić information content (AvgIpc) is 2.65. The standard InChI is InChI=1S/C20H22ClNO5/c1-12(22-10-16(23)14-3-2-4-15(21)9-14)7-13-5-6-17-18(8-13)26-11-19(27-17)20(24)25/h2-6,8-9,12,16,19,22-23H,7,10-11H2,1H3,(H,24,25)/t12-,16?,19-/m1/s1. The minimum absolute atomic E-state index is 0.00851. The van der Waals surface area contributed by atoms with Gasteiger partial charge in [0.25, 0.3) is 0 Å². The normalized spacial score (nSPS) is 18.0. The number of aliphatic carboxylic acids is 1. The van der Waals surface area contributed by atoms with Crippen molar-refractivity contribution in [2.75, 3.05) is 13.2 Å². The molecular formula is C20H22ClNO5. The van der Waals surface area contributed by atoms with Gasteiger partial charge in [0.1, 0.15) is 6.61 Å². The molecule has 0 radical (unpaired) electrons. The van der Waals surface area contributed by atoms with E-state index in [-0.39, 0.29) is 12.6 Å². The van der Waals surface area contributed by atoms with Gasteiger partial charge in [-0.1, -0.05) is 29.8 Å². The van der Waals surface area contributed by atoms with Crippen molar-refractivity contribution in [3.8, 4) is 11.5 Å². The van der Waals surface area contributed by atoms with Crippen molar-refractivity contribution in [3.05, 3.63) is 58.6 Å². The summed E-state index contributed by atoms with van der Waals surface area (Å²) in [6, 6.07) is 12.8. The van der Waals surface area contributed by atoms with Crippen LogP contribution in [0.15, 0.2) is 42.5 Å². The lowest BCUT2D eigenvalue weighted by molar-refractivity contribution is -0.147. The highest BCUT2D eigenvalue weighted by atomic mass is 35.5. The first-order valence-electron chi connectivity index (χ1n) is 8.74. The largest absolute Gasteiger partial charge is 0.485 e. The number of rotatable bonds is 7. The second-order valence-corrected chi connectivity index (χ2v) is 7.06. The van der Waals surface area contributed by atoms with Crippen molar-refractivity contribution in [2.45, 2.75) is 31.6 Å². The van der Waals surface area contributed by atoms with Crippen LogP contribution in [0.4, 0.5) is 0 Å². The van der Waals surface area contributed by atoms with E-state index in [4.69, 9.17) is 26.2 Å². The number of carboxylic acid groups (broad SMARTS) is 1. The molecule has 0 spiro atoms. The summed E-state index contributed by atoms with van der Waals surface area (Å²) in [5, 5.41) is 23.2. The second kappa shape index (κ2) is 8.61. The summed E-state index contributed by atoms with van der Waals surface area (Å²) >= 11 is 5.96. The predicted molar refractivity (Wildman–Crippen MR) is 102 cm³/mol. The topological polar surface area (TPSA) is 88.0 Å². The lowest BCUT2D eigenvalue weighted by atomic mass is 10.0. The number of benzene rings is 2. The highest BCUT2D eigenvalue weighted by molar-refractivity contribution is 6.30. The quantitative estimate of drug-likeness (QED) is 0.672. The summed E-state index contributed by atoms with van der Waals surface area (Å²) in [6.45, 7) is 2.43. The van der Waals surface area contributed by atoms with Crippen LogP contribution in [0.1, 0.15) is 24.2 Å². The van der Waals surface area contributed by atoms with Crippen LogP contribution in [-0.4, -0.2) is 41.5 Å². The van der Waals surface area contributed by atoms with Gasteiger partial charge in [0.15, 0.2) is 11.5 Å². The van der Waals surface area contributed by atoms with E-state index in [0.717, 1.165) is 17.5 Å². The summed E-state index contributed by atoms with van der Waals surface area (Å²) in [5.41, 5.74) is 1.80. The maximum atomic E-state index is 11.0. The fourth-order valence-electron chi connectivity index (χ4n) is 2.93. The van der Waals surface area contributed by atoms with E-state index in [9.17, 15) is 9.90 Å². The molecule has 0 aromatic heterocycles. The van der Waals surface area contributed by atoms with Gasteiger partial charge in [0, 0.05) is 17.6 Å². The zero-order chi connectivity index (χ0) is 19.4. The van der Waals surface area contributed by atoms with E-state index in [1.165, 1.54) is 0 Å². The molecule has 0 saturated carbocycles. The molecule has 3 rings (SSSR count).